The van der Waals surface area contributed by atoms with Gasteiger partial charge < -0.3 is 20.6 Å². The first-order chi connectivity index (χ1) is 18.0. The molecular weight excluding hydrogens is 486 g/mol. The molecule has 2 heterocycles. The van der Waals surface area contributed by atoms with Gasteiger partial charge in [-0.1, -0.05) is 6.07 Å². The van der Waals surface area contributed by atoms with Gasteiger partial charge in [0.2, 0.25) is 0 Å². The largest absolute Gasteiger partial charge is 0.395 e. The Kier molecular flexibility index (Phi) is 6.98. The van der Waals surface area contributed by atoms with Crippen LogP contribution >= 0.6 is 11.3 Å². The Balaban J connectivity index is 1.26. The van der Waals surface area contributed by atoms with Crippen molar-refractivity contribution in [3.05, 3.63) is 101 Å². The number of amides is 2. The quantitative estimate of drug-likeness (QED) is 0.272. The van der Waals surface area contributed by atoms with Crippen LogP contribution in [0, 0.1) is 0 Å². The summed E-state index contributed by atoms with van der Waals surface area (Å²) in [5.41, 5.74) is 4.60. The smallest absolute Gasteiger partial charge is 0.265 e. The summed E-state index contributed by atoms with van der Waals surface area (Å²) < 4.78 is 1.81. The molecular formula is C28H25N5O3S. The van der Waals surface area contributed by atoms with Crippen molar-refractivity contribution in [2.24, 2.45) is 0 Å². The second kappa shape index (κ2) is 10.7. The molecule has 0 aliphatic rings. The van der Waals surface area contributed by atoms with Crippen molar-refractivity contribution in [3.8, 4) is 5.69 Å². The lowest BCUT2D eigenvalue weighted by molar-refractivity contribution is 0.102. The Morgan fingerprint density at radius 2 is 1.68 bits per heavy atom. The first kappa shape index (κ1) is 24.2. The van der Waals surface area contributed by atoms with Gasteiger partial charge in [0.15, 0.2) is 0 Å². The third kappa shape index (κ3) is 5.37. The van der Waals surface area contributed by atoms with Crippen LogP contribution in [0.25, 0.3) is 16.6 Å². The maximum absolute atomic E-state index is 12.7. The summed E-state index contributed by atoms with van der Waals surface area (Å²) in [6, 6.07) is 24.0. The number of carbonyl (C=O) groups is 2. The average Bonchev–Trinajstić information content (AvgIpc) is 3.60. The minimum Gasteiger partial charge on any atom is -0.395 e. The average molecular weight is 512 g/mol. The van der Waals surface area contributed by atoms with Crippen LogP contribution in [-0.2, 0) is 0 Å². The van der Waals surface area contributed by atoms with Gasteiger partial charge in [-0.3, -0.25) is 9.59 Å². The van der Waals surface area contributed by atoms with Gasteiger partial charge in [0.1, 0.15) is 0 Å². The molecule has 0 radical (unpaired) electrons. The number of likely N-dealkylation sites (N-methyl/N-ethyl adjacent to an activating group) is 1. The fourth-order valence-electron chi connectivity index (χ4n) is 3.95. The van der Waals surface area contributed by atoms with Crippen molar-refractivity contribution in [2.45, 2.75) is 0 Å². The number of rotatable bonds is 8. The van der Waals surface area contributed by atoms with Crippen LogP contribution in [0.5, 0.6) is 0 Å². The van der Waals surface area contributed by atoms with E-state index >= 15 is 0 Å². The van der Waals surface area contributed by atoms with Crippen molar-refractivity contribution < 1.29 is 14.7 Å². The first-order valence-corrected chi connectivity index (χ1v) is 12.6. The highest BCUT2D eigenvalue weighted by molar-refractivity contribution is 7.12. The molecule has 5 rings (SSSR count). The number of hydrogen-bond acceptors (Lipinski definition) is 6. The highest BCUT2D eigenvalue weighted by Gasteiger charge is 2.11. The molecule has 0 fully saturated rings. The molecule has 2 aromatic heterocycles. The number of aliphatic hydroxyl groups is 1. The zero-order chi connectivity index (χ0) is 25.8. The Bertz CT molecular complexity index is 1530. The van der Waals surface area contributed by atoms with E-state index in [1.54, 1.807) is 24.4 Å². The molecule has 0 spiro atoms. The highest BCUT2D eigenvalue weighted by Crippen LogP contribution is 2.24. The van der Waals surface area contributed by atoms with E-state index in [1.807, 2.05) is 82.7 Å². The third-order valence-corrected chi connectivity index (χ3v) is 6.81. The predicted molar refractivity (Wildman–Crippen MR) is 148 cm³/mol. The lowest BCUT2D eigenvalue weighted by Gasteiger charge is -2.18. The molecule has 5 aromatic rings. The topological polar surface area (TPSA) is 99.5 Å². The van der Waals surface area contributed by atoms with Crippen LogP contribution in [0.2, 0.25) is 0 Å². The van der Waals surface area contributed by atoms with Gasteiger partial charge in [-0.15, -0.1) is 11.3 Å². The van der Waals surface area contributed by atoms with E-state index in [0.717, 1.165) is 22.3 Å². The standard InChI is InChI=1S/C28H25N5O3S/c1-32(14-15-34)23-9-4-19(5-10-23)27(35)30-21-6-11-24(12-7-21)33-25-13-8-22(17-20(25)18-29-33)31-28(36)26-3-2-16-37-26/h2-13,16-18,34H,14-15H2,1H3,(H,30,35)(H,31,36). The summed E-state index contributed by atoms with van der Waals surface area (Å²) in [5.74, 6) is -0.338. The summed E-state index contributed by atoms with van der Waals surface area (Å²) in [7, 11) is 1.89. The molecule has 186 valence electrons. The lowest BCUT2D eigenvalue weighted by atomic mass is 10.1. The fraction of sp³-hybridized carbons (Fsp3) is 0.107. The number of aromatic nitrogens is 2. The van der Waals surface area contributed by atoms with E-state index in [9.17, 15) is 9.59 Å². The zero-order valence-corrected chi connectivity index (χ0v) is 20.9. The van der Waals surface area contributed by atoms with Crippen molar-refractivity contribution in [3.63, 3.8) is 0 Å². The Morgan fingerprint density at radius 1 is 0.946 bits per heavy atom. The van der Waals surface area contributed by atoms with Gasteiger partial charge in [0, 0.05) is 41.6 Å². The molecule has 0 unspecified atom stereocenters. The predicted octanol–water partition coefficient (Wildman–Crippen LogP) is 5.02. The second-order valence-electron chi connectivity index (χ2n) is 8.45. The number of nitrogens with zero attached hydrogens (tertiary/aromatic N) is 3. The van der Waals surface area contributed by atoms with E-state index in [-0.39, 0.29) is 18.4 Å². The molecule has 0 bridgehead atoms. The van der Waals surface area contributed by atoms with Gasteiger partial charge in [0.25, 0.3) is 11.8 Å². The molecule has 9 heteroatoms. The summed E-state index contributed by atoms with van der Waals surface area (Å²) >= 11 is 1.40. The maximum atomic E-state index is 12.7. The molecule has 2 amide bonds. The molecule has 3 aromatic carbocycles. The normalized spacial score (nSPS) is 10.9. The van der Waals surface area contributed by atoms with Crippen molar-refractivity contribution in [2.75, 3.05) is 35.7 Å². The molecule has 0 saturated carbocycles. The van der Waals surface area contributed by atoms with Crippen LogP contribution in [0.3, 0.4) is 0 Å². The van der Waals surface area contributed by atoms with Crippen molar-refractivity contribution in [1.82, 2.24) is 9.78 Å². The Morgan fingerprint density at radius 3 is 2.38 bits per heavy atom. The molecule has 37 heavy (non-hydrogen) atoms. The van der Waals surface area contributed by atoms with Crippen LogP contribution < -0.4 is 15.5 Å². The van der Waals surface area contributed by atoms with Gasteiger partial charge in [-0.2, -0.15) is 5.10 Å². The molecule has 0 aliphatic carbocycles. The van der Waals surface area contributed by atoms with Crippen LogP contribution in [0.4, 0.5) is 17.1 Å². The van der Waals surface area contributed by atoms with Gasteiger partial charge in [-0.25, -0.2) is 4.68 Å². The number of benzene rings is 3. The first-order valence-electron chi connectivity index (χ1n) is 11.7. The monoisotopic (exact) mass is 511 g/mol. The van der Waals surface area contributed by atoms with Crippen molar-refractivity contribution in [1.29, 1.82) is 0 Å². The fourth-order valence-corrected chi connectivity index (χ4v) is 4.57. The minimum absolute atomic E-state index is 0.0677. The zero-order valence-electron chi connectivity index (χ0n) is 20.1. The minimum atomic E-state index is -0.203. The summed E-state index contributed by atoms with van der Waals surface area (Å²) in [4.78, 5) is 27.6. The van der Waals surface area contributed by atoms with Crippen LogP contribution in [0.1, 0.15) is 20.0 Å². The molecule has 8 nitrogen and oxygen atoms in total. The molecule has 0 aliphatic heterocycles. The summed E-state index contributed by atoms with van der Waals surface area (Å²) in [6.07, 6.45) is 1.76. The SMILES string of the molecule is CN(CCO)c1ccc(C(=O)Nc2ccc(-n3ncc4cc(NC(=O)c5cccs5)ccc43)cc2)cc1. The third-order valence-electron chi connectivity index (χ3n) is 5.95. The van der Waals surface area contributed by atoms with Crippen LogP contribution in [0.15, 0.2) is 90.4 Å². The van der Waals surface area contributed by atoms with E-state index in [0.29, 0.717) is 28.4 Å². The molecule has 0 atom stereocenters. The second-order valence-corrected chi connectivity index (χ2v) is 9.40. The lowest BCUT2D eigenvalue weighted by Crippen LogP contribution is -2.21. The van der Waals surface area contributed by atoms with Gasteiger partial charge >= 0.3 is 0 Å². The van der Waals surface area contributed by atoms with E-state index in [4.69, 9.17) is 5.11 Å². The van der Waals surface area contributed by atoms with Gasteiger partial charge in [-0.05, 0) is 78.2 Å². The number of anilines is 3. The van der Waals surface area contributed by atoms with E-state index in [2.05, 4.69) is 15.7 Å². The number of hydrogen-bond donors (Lipinski definition) is 3. The number of thiophene rings is 1. The summed E-state index contributed by atoms with van der Waals surface area (Å²) in [5, 5.41) is 22.2. The number of aliphatic hydroxyl groups excluding tert-OH is 1. The van der Waals surface area contributed by atoms with Crippen LogP contribution in [-0.4, -0.2) is 46.9 Å². The van der Waals surface area contributed by atoms with E-state index in [1.165, 1.54) is 11.3 Å². The summed E-state index contributed by atoms with van der Waals surface area (Å²) in [6.45, 7) is 0.592. The maximum Gasteiger partial charge on any atom is 0.265 e. The van der Waals surface area contributed by atoms with Crippen molar-refractivity contribution >= 4 is 51.1 Å². The number of nitrogens with one attached hydrogen (secondary N) is 2. The molecule has 0 saturated heterocycles. The molecule has 3 N–H and O–H groups in total. The van der Waals surface area contributed by atoms with E-state index < -0.39 is 0 Å². The number of fused-ring (bicyclic) bond motifs is 1. The highest BCUT2D eigenvalue weighted by atomic mass is 32.1. The Hall–Kier alpha value is -4.47. The van der Waals surface area contributed by atoms with Gasteiger partial charge in [0.05, 0.1) is 28.9 Å². The Labute approximate surface area is 217 Å². The number of carbonyl (C=O) groups excluding carboxylic acids is 2.